The predicted octanol–water partition coefficient (Wildman–Crippen LogP) is 5.03. The highest BCUT2D eigenvalue weighted by molar-refractivity contribution is 7.99. The number of hydrogen-bond acceptors (Lipinski definition) is 5. The minimum Gasteiger partial charge on any atom is -0.462 e. The Bertz CT molecular complexity index is 827. The molecular formula is C25H31BFO4S. The smallest absolute Gasteiger partial charge is 0.308 e. The molecule has 0 saturated carbocycles. The fourth-order valence-electron chi connectivity index (χ4n) is 3.09. The van der Waals surface area contributed by atoms with Gasteiger partial charge in [0.05, 0.1) is 12.5 Å². The van der Waals surface area contributed by atoms with E-state index >= 15 is 0 Å². The van der Waals surface area contributed by atoms with Crippen LogP contribution in [0.3, 0.4) is 0 Å². The molecule has 7 heteroatoms. The lowest BCUT2D eigenvalue weighted by Crippen LogP contribution is -2.24. The summed E-state index contributed by atoms with van der Waals surface area (Å²) in [6.45, 7) is 3.32. The molecule has 2 unspecified atom stereocenters. The number of carbonyl (C=O) groups excluding carboxylic acids is 2. The van der Waals surface area contributed by atoms with Crippen LogP contribution in [0.25, 0.3) is 0 Å². The highest BCUT2D eigenvalue weighted by atomic mass is 32.2. The lowest BCUT2D eigenvalue weighted by molar-refractivity contribution is -0.152. The van der Waals surface area contributed by atoms with Gasteiger partial charge in [0.25, 0.3) is 0 Å². The fraction of sp³-hybridized carbons (Fsp3) is 0.440. The first-order valence-corrected chi connectivity index (χ1v) is 11.5. The van der Waals surface area contributed by atoms with Crippen molar-refractivity contribution in [2.75, 3.05) is 12.9 Å². The van der Waals surface area contributed by atoms with Gasteiger partial charge < -0.3 is 9.47 Å². The van der Waals surface area contributed by atoms with E-state index in [4.69, 9.17) is 9.47 Å². The second kappa shape index (κ2) is 14.9. The molecule has 2 aromatic carbocycles. The molecule has 2 atom stereocenters. The maximum atomic E-state index is 13.0. The number of rotatable bonds is 13. The molecule has 0 aromatic heterocycles. The molecule has 0 aliphatic rings. The Morgan fingerprint density at radius 3 is 2.12 bits per heavy atom. The van der Waals surface area contributed by atoms with Crippen molar-refractivity contribution in [2.24, 2.45) is 0 Å². The number of benzene rings is 2. The van der Waals surface area contributed by atoms with E-state index in [1.54, 1.807) is 37.9 Å². The zero-order valence-corrected chi connectivity index (χ0v) is 19.8. The van der Waals surface area contributed by atoms with Gasteiger partial charge in [0.2, 0.25) is 0 Å². The number of ketones is 1. The Kier molecular flexibility index (Phi) is 13.0. The van der Waals surface area contributed by atoms with Crippen LogP contribution in [-0.2, 0) is 31.9 Å². The quantitative estimate of drug-likeness (QED) is 0.240. The standard InChI is InChI=1S/C25H31FO4S.B/c1-18(27)16-23(30-25(28)17-19(2)29-3)11-8-20-4-6-21(7-5-20)14-15-31-24-12-9-22(26)10-13-24;/h4-7,9-10,12-13,19,23H,8,11,14-17H2,1-3H3;. The third-order valence-corrected chi connectivity index (χ3v) is 5.93. The number of thioether (sulfide) groups is 1. The third kappa shape index (κ3) is 11.0. The first-order valence-electron chi connectivity index (χ1n) is 10.5. The molecule has 0 aliphatic carbocycles. The van der Waals surface area contributed by atoms with E-state index in [-0.39, 0.29) is 44.9 Å². The third-order valence-electron chi connectivity index (χ3n) is 4.92. The van der Waals surface area contributed by atoms with Crippen LogP contribution in [0.5, 0.6) is 0 Å². The number of Topliss-reactive ketones (excluding diaryl/α,β-unsaturated/α-hetero) is 1. The SMILES string of the molecule is COC(C)CC(=O)OC(CCc1ccc(CCSc2ccc(F)cc2)cc1)CC(C)=O.[B]. The van der Waals surface area contributed by atoms with Gasteiger partial charge in [-0.05, 0) is 68.5 Å². The van der Waals surface area contributed by atoms with Gasteiger partial charge in [-0.2, -0.15) is 0 Å². The van der Waals surface area contributed by atoms with E-state index in [0.29, 0.717) is 6.42 Å². The van der Waals surface area contributed by atoms with Gasteiger partial charge in [0.1, 0.15) is 17.7 Å². The Balaban J connectivity index is 0.00000512. The Hall–Kier alpha value is -2.12. The maximum absolute atomic E-state index is 13.0. The van der Waals surface area contributed by atoms with Crippen molar-refractivity contribution in [3.8, 4) is 0 Å². The zero-order chi connectivity index (χ0) is 22.6. The Morgan fingerprint density at radius 1 is 0.969 bits per heavy atom. The summed E-state index contributed by atoms with van der Waals surface area (Å²) < 4.78 is 23.6. The summed E-state index contributed by atoms with van der Waals surface area (Å²) in [5.74, 6) is 0.368. The second-order valence-corrected chi connectivity index (χ2v) is 8.84. The molecule has 0 N–H and O–H groups in total. The number of ether oxygens (including phenoxy) is 2. The van der Waals surface area contributed by atoms with Crippen molar-refractivity contribution in [1.29, 1.82) is 0 Å². The minimum absolute atomic E-state index is 0. The van der Waals surface area contributed by atoms with Crippen LogP contribution in [0.1, 0.15) is 44.2 Å². The summed E-state index contributed by atoms with van der Waals surface area (Å²) in [6, 6.07) is 14.9. The topological polar surface area (TPSA) is 52.6 Å². The van der Waals surface area contributed by atoms with E-state index in [1.165, 1.54) is 24.6 Å². The number of carbonyl (C=O) groups is 2. The predicted molar refractivity (Wildman–Crippen MR) is 128 cm³/mol. The molecule has 0 aliphatic heterocycles. The Morgan fingerprint density at radius 2 is 1.56 bits per heavy atom. The van der Waals surface area contributed by atoms with Crippen LogP contribution >= 0.6 is 11.8 Å². The molecule has 0 heterocycles. The average Bonchev–Trinajstić information content (AvgIpc) is 2.73. The first-order chi connectivity index (χ1) is 14.9. The van der Waals surface area contributed by atoms with Crippen LogP contribution < -0.4 is 0 Å². The van der Waals surface area contributed by atoms with Gasteiger partial charge in [-0.1, -0.05) is 24.3 Å². The van der Waals surface area contributed by atoms with Crippen molar-refractivity contribution >= 4 is 31.9 Å². The van der Waals surface area contributed by atoms with E-state index in [1.807, 2.05) is 0 Å². The summed E-state index contributed by atoms with van der Waals surface area (Å²) in [4.78, 5) is 24.7. The molecular weight excluding hydrogens is 426 g/mol. The molecule has 0 saturated heterocycles. The molecule has 0 spiro atoms. The van der Waals surface area contributed by atoms with E-state index in [9.17, 15) is 14.0 Å². The number of esters is 1. The van der Waals surface area contributed by atoms with E-state index in [0.717, 1.165) is 29.1 Å². The molecule has 2 aromatic rings. The number of methoxy groups -OCH3 is 1. The van der Waals surface area contributed by atoms with Crippen LogP contribution in [0.2, 0.25) is 0 Å². The summed E-state index contributed by atoms with van der Waals surface area (Å²) in [5, 5.41) is 0. The maximum Gasteiger partial charge on any atom is 0.308 e. The van der Waals surface area contributed by atoms with Crippen molar-refractivity contribution in [3.63, 3.8) is 0 Å². The molecule has 2 rings (SSSR count). The molecule has 0 fully saturated rings. The van der Waals surface area contributed by atoms with Gasteiger partial charge in [-0.3, -0.25) is 9.59 Å². The van der Waals surface area contributed by atoms with E-state index in [2.05, 4.69) is 24.3 Å². The summed E-state index contributed by atoms with van der Waals surface area (Å²) in [6.07, 6.45) is 2.04. The normalized spacial score (nSPS) is 12.5. The van der Waals surface area contributed by atoms with Crippen molar-refractivity contribution in [2.45, 2.75) is 63.1 Å². The van der Waals surface area contributed by atoms with Crippen molar-refractivity contribution < 1.29 is 23.5 Å². The number of aryl methyl sites for hydroxylation is 2. The molecule has 0 bridgehead atoms. The first kappa shape index (κ1) is 27.9. The second-order valence-electron chi connectivity index (χ2n) is 7.68. The van der Waals surface area contributed by atoms with Gasteiger partial charge in [0, 0.05) is 32.6 Å². The largest absolute Gasteiger partial charge is 0.462 e. The van der Waals surface area contributed by atoms with Gasteiger partial charge in [-0.15, -0.1) is 11.8 Å². The van der Waals surface area contributed by atoms with Gasteiger partial charge in [-0.25, -0.2) is 4.39 Å². The lowest BCUT2D eigenvalue weighted by atomic mass is 10.0. The van der Waals surface area contributed by atoms with Crippen LogP contribution in [-0.4, -0.2) is 45.2 Å². The van der Waals surface area contributed by atoms with Crippen molar-refractivity contribution in [1.82, 2.24) is 0 Å². The molecule has 3 radical (unpaired) electrons. The number of halogens is 1. The summed E-state index contributed by atoms with van der Waals surface area (Å²) >= 11 is 1.70. The molecule has 32 heavy (non-hydrogen) atoms. The zero-order valence-electron chi connectivity index (χ0n) is 19.0. The number of hydrogen-bond donors (Lipinski definition) is 0. The molecule has 0 amide bonds. The van der Waals surface area contributed by atoms with Gasteiger partial charge in [0.15, 0.2) is 0 Å². The highest BCUT2D eigenvalue weighted by Gasteiger charge is 2.18. The lowest BCUT2D eigenvalue weighted by Gasteiger charge is -2.18. The monoisotopic (exact) mass is 457 g/mol. The minimum atomic E-state index is -0.416. The van der Waals surface area contributed by atoms with Crippen molar-refractivity contribution in [3.05, 3.63) is 65.5 Å². The summed E-state index contributed by atoms with van der Waals surface area (Å²) in [7, 11) is 1.55. The van der Waals surface area contributed by atoms with Crippen LogP contribution in [0.15, 0.2) is 53.4 Å². The van der Waals surface area contributed by atoms with Gasteiger partial charge >= 0.3 is 5.97 Å². The molecule has 171 valence electrons. The van der Waals surface area contributed by atoms with E-state index < -0.39 is 6.10 Å². The summed E-state index contributed by atoms with van der Waals surface area (Å²) in [5.41, 5.74) is 2.38. The molecule has 4 nitrogen and oxygen atoms in total. The van der Waals surface area contributed by atoms with Crippen LogP contribution in [0.4, 0.5) is 4.39 Å². The average molecular weight is 457 g/mol. The fourth-order valence-corrected chi connectivity index (χ4v) is 4.00. The highest BCUT2D eigenvalue weighted by Crippen LogP contribution is 2.20. The van der Waals surface area contributed by atoms with Crippen LogP contribution in [0, 0.1) is 5.82 Å². The Labute approximate surface area is 196 Å².